The summed E-state index contributed by atoms with van der Waals surface area (Å²) in [6.07, 6.45) is -0.248. The van der Waals surface area contributed by atoms with E-state index in [9.17, 15) is 8.78 Å². The summed E-state index contributed by atoms with van der Waals surface area (Å²) < 4.78 is 24.7. The minimum absolute atomic E-state index is 0.0562. The summed E-state index contributed by atoms with van der Waals surface area (Å²) in [4.78, 5) is 0. The molecule has 1 aliphatic carbocycles. The molecule has 1 nitrogen and oxygen atoms in total. The molecule has 1 aromatic rings. The zero-order chi connectivity index (χ0) is 11.1. The normalized spacial score (nSPS) is 20.3. The Labute approximate surface area is 88.3 Å². The Morgan fingerprint density at radius 3 is 2.07 bits per heavy atom. The van der Waals surface area contributed by atoms with Gasteiger partial charge in [0.2, 0.25) is 0 Å². The standard InChI is InChI=1S/C12H15F2N/c1-8(15)12(6-7-12)10-4-2-9(3-5-10)11(13)14/h2-5,8,11H,6-7,15H2,1H3. The second kappa shape index (κ2) is 3.56. The Morgan fingerprint density at radius 2 is 1.73 bits per heavy atom. The maximum atomic E-state index is 12.3. The van der Waals surface area contributed by atoms with E-state index >= 15 is 0 Å². The largest absolute Gasteiger partial charge is 0.327 e. The summed E-state index contributed by atoms with van der Waals surface area (Å²) in [5.74, 6) is 0. The summed E-state index contributed by atoms with van der Waals surface area (Å²) in [5, 5.41) is 0. The fourth-order valence-corrected chi connectivity index (χ4v) is 2.10. The predicted molar refractivity (Wildman–Crippen MR) is 56.0 cm³/mol. The third-order valence-corrected chi connectivity index (χ3v) is 3.40. The molecule has 1 fully saturated rings. The summed E-state index contributed by atoms with van der Waals surface area (Å²) in [5.41, 5.74) is 7.15. The molecule has 0 saturated heterocycles. The molecule has 15 heavy (non-hydrogen) atoms. The molecule has 0 spiro atoms. The fraction of sp³-hybridized carbons (Fsp3) is 0.500. The highest BCUT2D eigenvalue weighted by Gasteiger charge is 2.47. The second-order valence-corrected chi connectivity index (χ2v) is 4.37. The quantitative estimate of drug-likeness (QED) is 0.817. The number of hydrogen-bond acceptors (Lipinski definition) is 1. The molecule has 1 saturated carbocycles. The summed E-state index contributed by atoms with van der Waals surface area (Å²) in [6.45, 7) is 1.98. The molecule has 0 heterocycles. The van der Waals surface area contributed by atoms with Crippen LogP contribution in [-0.2, 0) is 5.41 Å². The average molecular weight is 211 g/mol. The smallest absolute Gasteiger partial charge is 0.263 e. The van der Waals surface area contributed by atoms with Crippen molar-refractivity contribution in [1.29, 1.82) is 0 Å². The van der Waals surface area contributed by atoms with Crippen LogP contribution in [0.25, 0.3) is 0 Å². The Hall–Kier alpha value is -0.960. The molecule has 2 rings (SSSR count). The van der Waals surface area contributed by atoms with Gasteiger partial charge in [-0.3, -0.25) is 0 Å². The van der Waals surface area contributed by atoms with Crippen LogP contribution >= 0.6 is 0 Å². The number of hydrogen-bond donors (Lipinski definition) is 1. The molecule has 0 amide bonds. The van der Waals surface area contributed by atoms with Gasteiger partial charge in [-0.2, -0.15) is 0 Å². The zero-order valence-electron chi connectivity index (χ0n) is 8.71. The van der Waals surface area contributed by atoms with Crippen molar-refractivity contribution in [3.63, 3.8) is 0 Å². The number of halogens is 2. The first-order chi connectivity index (χ1) is 7.06. The van der Waals surface area contributed by atoms with Crippen molar-refractivity contribution in [2.45, 2.75) is 37.6 Å². The van der Waals surface area contributed by atoms with Gasteiger partial charge >= 0.3 is 0 Å². The first kappa shape index (κ1) is 10.6. The molecule has 0 bridgehead atoms. The molecule has 82 valence electrons. The minimum atomic E-state index is -2.38. The second-order valence-electron chi connectivity index (χ2n) is 4.37. The van der Waals surface area contributed by atoms with Crippen LogP contribution < -0.4 is 5.73 Å². The first-order valence-corrected chi connectivity index (χ1v) is 5.20. The van der Waals surface area contributed by atoms with E-state index in [1.165, 1.54) is 12.1 Å². The topological polar surface area (TPSA) is 26.0 Å². The van der Waals surface area contributed by atoms with Crippen molar-refractivity contribution in [2.24, 2.45) is 5.73 Å². The van der Waals surface area contributed by atoms with E-state index in [0.29, 0.717) is 0 Å². The van der Waals surface area contributed by atoms with Gasteiger partial charge in [-0.25, -0.2) is 8.78 Å². The Bertz CT molecular complexity index is 339. The van der Waals surface area contributed by atoms with Crippen LogP contribution in [0.15, 0.2) is 24.3 Å². The summed E-state index contributed by atoms with van der Waals surface area (Å²) in [7, 11) is 0. The molecular formula is C12H15F2N. The van der Waals surface area contributed by atoms with E-state index in [1.807, 2.05) is 6.92 Å². The Balaban J connectivity index is 2.24. The van der Waals surface area contributed by atoms with Crippen LogP contribution in [0.1, 0.15) is 37.3 Å². The van der Waals surface area contributed by atoms with Crippen LogP contribution in [0.2, 0.25) is 0 Å². The number of alkyl halides is 2. The fourth-order valence-electron chi connectivity index (χ4n) is 2.10. The molecule has 1 aromatic carbocycles. The molecule has 1 unspecified atom stereocenters. The highest BCUT2D eigenvalue weighted by atomic mass is 19.3. The van der Waals surface area contributed by atoms with Crippen LogP contribution in [0.5, 0.6) is 0 Å². The maximum Gasteiger partial charge on any atom is 0.263 e. The summed E-state index contributed by atoms with van der Waals surface area (Å²) >= 11 is 0. The number of benzene rings is 1. The van der Waals surface area contributed by atoms with E-state index in [0.717, 1.165) is 18.4 Å². The molecule has 2 N–H and O–H groups in total. The van der Waals surface area contributed by atoms with Gasteiger partial charge in [0.25, 0.3) is 6.43 Å². The van der Waals surface area contributed by atoms with Crippen molar-refractivity contribution >= 4 is 0 Å². The van der Waals surface area contributed by atoms with E-state index < -0.39 is 6.43 Å². The molecule has 1 atom stereocenters. The lowest BCUT2D eigenvalue weighted by molar-refractivity contribution is 0.151. The van der Waals surface area contributed by atoms with Crippen LogP contribution in [0, 0.1) is 0 Å². The highest BCUT2D eigenvalue weighted by molar-refractivity contribution is 5.35. The van der Waals surface area contributed by atoms with Gasteiger partial charge in [-0.05, 0) is 25.3 Å². The lowest BCUT2D eigenvalue weighted by Gasteiger charge is -2.20. The van der Waals surface area contributed by atoms with Crippen LogP contribution in [-0.4, -0.2) is 6.04 Å². The molecule has 0 aliphatic heterocycles. The van der Waals surface area contributed by atoms with Crippen molar-refractivity contribution < 1.29 is 8.78 Å². The third kappa shape index (κ3) is 1.76. The van der Waals surface area contributed by atoms with Crippen molar-refractivity contribution in [3.05, 3.63) is 35.4 Å². The minimum Gasteiger partial charge on any atom is -0.327 e. The van der Waals surface area contributed by atoms with E-state index in [1.54, 1.807) is 12.1 Å². The summed E-state index contributed by atoms with van der Waals surface area (Å²) in [6, 6.07) is 6.68. The van der Waals surface area contributed by atoms with Gasteiger partial charge in [-0.15, -0.1) is 0 Å². The zero-order valence-corrected chi connectivity index (χ0v) is 8.71. The number of rotatable bonds is 3. The Morgan fingerprint density at radius 1 is 1.20 bits per heavy atom. The Kier molecular flexibility index (Phi) is 2.51. The van der Waals surface area contributed by atoms with E-state index in [4.69, 9.17) is 5.73 Å². The third-order valence-electron chi connectivity index (χ3n) is 3.40. The van der Waals surface area contributed by atoms with E-state index in [2.05, 4.69) is 0 Å². The van der Waals surface area contributed by atoms with Crippen LogP contribution in [0.4, 0.5) is 8.78 Å². The maximum absolute atomic E-state index is 12.3. The molecule has 0 aromatic heterocycles. The van der Waals surface area contributed by atoms with E-state index in [-0.39, 0.29) is 17.0 Å². The average Bonchev–Trinajstić information content (AvgIpc) is 2.98. The molecule has 3 heteroatoms. The number of nitrogens with two attached hydrogens (primary N) is 1. The van der Waals surface area contributed by atoms with Gasteiger partial charge < -0.3 is 5.73 Å². The van der Waals surface area contributed by atoms with Crippen molar-refractivity contribution in [2.75, 3.05) is 0 Å². The van der Waals surface area contributed by atoms with Gasteiger partial charge in [0.15, 0.2) is 0 Å². The molecule has 0 radical (unpaired) electrons. The van der Waals surface area contributed by atoms with Gasteiger partial charge in [0, 0.05) is 17.0 Å². The van der Waals surface area contributed by atoms with Gasteiger partial charge in [-0.1, -0.05) is 24.3 Å². The van der Waals surface area contributed by atoms with Crippen molar-refractivity contribution in [3.8, 4) is 0 Å². The first-order valence-electron chi connectivity index (χ1n) is 5.20. The van der Waals surface area contributed by atoms with Gasteiger partial charge in [0.05, 0.1) is 0 Å². The van der Waals surface area contributed by atoms with Gasteiger partial charge in [0.1, 0.15) is 0 Å². The molecule has 1 aliphatic rings. The van der Waals surface area contributed by atoms with Crippen LogP contribution in [0.3, 0.4) is 0 Å². The van der Waals surface area contributed by atoms with Crippen molar-refractivity contribution in [1.82, 2.24) is 0 Å². The highest BCUT2D eigenvalue weighted by Crippen LogP contribution is 2.50. The monoisotopic (exact) mass is 211 g/mol. The SMILES string of the molecule is CC(N)C1(c2ccc(C(F)F)cc2)CC1. The lowest BCUT2D eigenvalue weighted by atomic mass is 9.89. The predicted octanol–water partition coefficient (Wildman–Crippen LogP) is 3.00. The molecular weight excluding hydrogens is 196 g/mol. The lowest BCUT2D eigenvalue weighted by Crippen LogP contribution is -2.31.